The number of oxime groups is 1. The Hall–Kier alpha value is -2.40. The van der Waals surface area contributed by atoms with E-state index in [4.69, 9.17) is 10.9 Å². The fourth-order valence-electron chi connectivity index (χ4n) is 2.11. The topological polar surface area (TPSA) is 70.6 Å². The number of nitrogens with one attached hydrogen (secondary N) is 1. The van der Waals surface area contributed by atoms with Gasteiger partial charge in [-0.1, -0.05) is 41.6 Å². The Morgan fingerprint density at radius 3 is 2.57 bits per heavy atom. The van der Waals surface area contributed by atoms with Gasteiger partial charge in [0.2, 0.25) is 0 Å². The van der Waals surface area contributed by atoms with Crippen LogP contribution in [0.2, 0.25) is 0 Å². The van der Waals surface area contributed by atoms with Crippen molar-refractivity contribution in [3.05, 3.63) is 71.0 Å². The molecule has 0 amide bonds. The molecule has 0 aliphatic carbocycles. The van der Waals surface area contributed by atoms with E-state index in [1.165, 1.54) is 12.1 Å². The van der Waals surface area contributed by atoms with Crippen LogP contribution in [0.25, 0.3) is 0 Å². The van der Waals surface area contributed by atoms with Crippen LogP contribution in [-0.4, -0.2) is 11.0 Å². The first-order valence-corrected chi connectivity index (χ1v) is 6.66. The molecule has 4 nitrogen and oxygen atoms in total. The van der Waals surface area contributed by atoms with Crippen LogP contribution in [-0.2, 0) is 6.54 Å². The number of hydrogen-bond acceptors (Lipinski definition) is 3. The van der Waals surface area contributed by atoms with Crippen LogP contribution in [0.15, 0.2) is 53.7 Å². The second kappa shape index (κ2) is 6.85. The largest absolute Gasteiger partial charge is 0.409 e. The van der Waals surface area contributed by atoms with Gasteiger partial charge in [0, 0.05) is 18.2 Å². The van der Waals surface area contributed by atoms with Crippen molar-refractivity contribution in [2.45, 2.75) is 19.5 Å². The second-order valence-electron chi connectivity index (χ2n) is 4.80. The summed E-state index contributed by atoms with van der Waals surface area (Å²) in [7, 11) is 0. The molecule has 0 aliphatic rings. The predicted octanol–water partition coefficient (Wildman–Crippen LogP) is 2.77. The first kappa shape index (κ1) is 15.0. The first-order valence-electron chi connectivity index (χ1n) is 6.66. The molecule has 2 aromatic carbocycles. The zero-order valence-electron chi connectivity index (χ0n) is 11.8. The molecule has 0 saturated carbocycles. The van der Waals surface area contributed by atoms with Gasteiger partial charge in [-0.2, -0.15) is 0 Å². The molecule has 0 radical (unpaired) electrons. The maximum absolute atomic E-state index is 12.9. The molecule has 0 fully saturated rings. The molecule has 1 atom stereocenters. The molecule has 0 unspecified atom stereocenters. The number of nitrogens with zero attached hydrogens (tertiary/aromatic N) is 1. The maximum Gasteiger partial charge on any atom is 0.170 e. The van der Waals surface area contributed by atoms with E-state index in [1.54, 1.807) is 18.2 Å². The summed E-state index contributed by atoms with van der Waals surface area (Å²) in [5.41, 5.74) is 8.28. The Balaban J connectivity index is 2.08. The number of rotatable bonds is 5. The number of hydrogen-bond donors (Lipinski definition) is 3. The summed E-state index contributed by atoms with van der Waals surface area (Å²) in [5, 5.41) is 15.2. The molecule has 0 bridgehead atoms. The molecule has 110 valence electrons. The summed E-state index contributed by atoms with van der Waals surface area (Å²) in [6.07, 6.45) is 0. The van der Waals surface area contributed by atoms with Crippen LogP contribution in [0.3, 0.4) is 0 Å². The van der Waals surface area contributed by atoms with E-state index in [0.29, 0.717) is 12.1 Å². The van der Waals surface area contributed by atoms with Gasteiger partial charge in [-0.3, -0.25) is 0 Å². The van der Waals surface area contributed by atoms with Crippen molar-refractivity contribution in [3.8, 4) is 0 Å². The maximum atomic E-state index is 12.9. The molecule has 2 rings (SSSR count). The Bertz CT molecular complexity index is 626. The van der Waals surface area contributed by atoms with Crippen molar-refractivity contribution in [1.29, 1.82) is 0 Å². The summed E-state index contributed by atoms with van der Waals surface area (Å²) >= 11 is 0. The highest BCUT2D eigenvalue weighted by molar-refractivity contribution is 5.98. The second-order valence-corrected chi connectivity index (χ2v) is 4.80. The SMILES string of the molecule is C[C@H](NCc1ccccc1/C(N)=N/O)c1ccc(F)cc1. The third-order valence-electron chi connectivity index (χ3n) is 3.37. The number of halogens is 1. The summed E-state index contributed by atoms with van der Waals surface area (Å²) < 4.78 is 12.9. The molecular weight excluding hydrogens is 269 g/mol. The van der Waals surface area contributed by atoms with E-state index >= 15 is 0 Å². The summed E-state index contributed by atoms with van der Waals surface area (Å²) in [6, 6.07) is 13.9. The van der Waals surface area contributed by atoms with Crippen LogP contribution in [0, 0.1) is 5.82 Å². The Labute approximate surface area is 123 Å². The minimum atomic E-state index is -0.247. The molecule has 2 aromatic rings. The normalized spacial score (nSPS) is 13.1. The van der Waals surface area contributed by atoms with E-state index in [0.717, 1.165) is 11.1 Å². The Morgan fingerprint density at radius 1 is 1.24 bits per heavy atom. The molecule has 0 aliphatic heterocycles. The van der Waals surface area contributed by atoms with Gasteiger partial charge in [0.1, 0.15) is 5.82 Å². The predicted molar refractivity (Wildman–Crippen MR) is 80.6 cm³/mol. The average molecular weight is 287 g/mol. The fraction of sp³-hybridized carbons (Fsp3) is 0.188. The average Bonchev–Trinajstić information content (AvgIpc) is 2.52. The van der Waals surface area contributed by atoms with Crippen molar-refractivity contribution < 1.29 is 9.60 Å². The molecule has 0 spiro atoms. The van der Waals surface area contributed by atoms with Gasteiger partial charge in [0.25, 0.3) is 0 Å². The van der Waals surface area contributed by atoms with Gasteiger partial charge in [-0.15, -0.1) is 0 Å². The highest BCUT2D eigenvalue weighted by atomic mass is 19.1. The minimum absolute atomic E-state index is 0.0611. The van der Waals surface area contributed by atoms with E-state index < -0.39 is 0 Å². The van der Waals surface area contributed by atoms with E-state index in [2.05, 4.69) is 10.5 Å². The van der Waals surface area contributed by atoms with Crippen LogP contribution in [0.1, 0.15) is 29.7 Å². The smallest absolute Gasteiger partial charge is 0.170 e. The van der Waals surface area contributed by atoms with Gasteiger partial charge in [0.05, 0.1) is 0 Å². The van der Waals surface area contributed by atoms with Crippen molar-refractivity contribution in [1.82, 2.24) is 5.32 Å². The van der Waals surface area contributed by atoms with Crippen molar-refractivity contribution in [2.24, 2.45) is 10.9 Å². The monoisotopic (exact) mass is 287 g/mol. The van der Waals surface area contributed by atoms with Gasteiger partial charge in [-0.25, -0.2) is 4.39 Å². The number of nitrogens with two attached hydrogens (primary N) is 1. The Morgan fingerprint density at radius 2 is 1.90 bits per heavy atom. The van der Waals surface area contributed by atoms with Crippen molar-refractivity contribution >= 4 is 5.84 Å². The van der Waals surface area contributed by atoms with Gasteiger partial charge < -0.3 is 16.3 Å². The lowest BCUT2D eigenvalue weighted by Crippen LogP contribution is -2.22. The Kier molecular flexibility index (Phi) is 4.90. The van der Waals surface area contributed by atoms with Crippen LogP contribution in [0.5, 0.6) is 0 Å². The van der Waals surface area contributed by atoms with Gasteiger partial charge in [0.15, 0.2) is 5.84 Å². The number of benzene rings is 2. The lowest BCUT2D eigenvalue weighted by molar-refractivity contribution is 0.318. The molecular formula is C16H18FN3O. The zero-order valence-corrected chi connectivity index (χ0v) is 11.8. The molecule has 4 N–H and O–H groups in total. The third-order valence-corrected chi connectivity index (χ3v) is 3.37. The molecule has 0 aromatic heterocycles. The van der Waals surface area contributed by atoms with E-state index in [1.807, 2.05) is 25.1 Å². The molecule has 0 saturated heterocycles. The zero-order chi connectivity index (χ0) is 15.2. The fourth-order valence-corrected chi connectivity index (χ4v) is 2.11. The molecule has 0 heterocycles. The summed E-state index contributed by atoms with van der Waals surface area (Å²) in [5.74, 6) is -0.162. The highest BCUT2D eigenvalue weighted by Crippen LogP contribution is 2.15. The summed E-state index contributed by atoms with van der Waals surface area (Å²) in [4.78, 5) is 0. The molecule has 21 heavy (non-hydrogen) atoms. The van der Waals surface area contributed by atoms with E-state index in [9.17, 15) is 4.39 Å². The van der Waals surface area contributed by atoms with Gasteiger partial charge in [-0.05, 0) is 30.2 Å². The quantitative estimate of drug-likeness (QED) is 0.343. The van der Waals surface area contributed by atoms with Crippen molar-refractivity contribution in [3.63, 3.8) is 0 Å². The van der Waals surface area contributed by atoms with Crippen LogP contribution >= 0.6 is 0 Å². The number of amidine groups is 1. The highest BCUT2D eigenvalue weighted by Gasteiger charge is 2.09. The summed E-state index contributed by atoms with van der Waals surface area (Å²) in [6.45, 7) is 2.56. The molecule has 5 heteroatoms. The van der Waals surface area contributed by atoms with E-state index in [-0.39, 0.29) is 17.7 Å². The lowest BCUT2D eigenvalue weighted by Gasteiger charge is -2.16. The lowest BCUT2D eigenvalue weighted by atomic mass is 10.0. The minimum Gasteiger partial charge on any atom is -0.409 e. The van der Waals surface area contributed by atoms with Crippen LogP contribution in [0.4, 0.5) is 4.39 Å². The van der Waals surface area contributed by atoms with Crippen molar-refractivity contribution in [2.75, 3.05) is 0 Å². The first-order chi connectivity index (χ1) is 10.1. The standard InChI is InChI=1S/C16H18FN3O/c1-11(12-6-8-14(17)9-7-12)19-10-13-4-2-3-5-15(13)16(18)20-21/h2-9,11,19,21H,10H2,1H3,(H2,18,20)/t11-/m0/s1. The third kappa shape index (κ3) is 3.79. The van der Waals surface area contributed by atoms with Crippen LogP contribution < -0.4 is 11.1 Å². The van der Waals surface area contributed by atoms with Gasteiger partial charge >= 0.3 is 0 Å².